The fourth-order valence-electron chi connectivity index (χ4n) is 2.52. The van der Waals surface area contributed by atoms with Gasteiger partial charge in [-0.15, -0.1) is 0 Å². The molecule has 122 valence electrons. The van der Waals surface area contributed by atoms with E-state index < -0.39 is 28.9 Å². The number of carbonyl (C=O) groups excluding carboxylic acids is 1. The third kappa shape index (κ3) is 3.55. The molecule has 0 spiro atoms. The van der Waals surface area contributed by atoms with Gasteiger partial charge in [-0.05, 0) is 39.7 Å². The first-order valence-corrected chi connectivity index (χ1v) is 7.27. The van der Waals surface area contributed by atoms with E-state index in [4.69, 9.17) is 4.74 Å². The molecule has 0 radical (unpaired) electrons. The second-order valence-electron chi connectivity index (χ2n) is 6.60. The Kier molecular flexibility index (Phi) is 4.42. The van der Waals surface area contributed by atoms with Gasteiger partial charge in [-0.25, -0.2) is 13.6 Å². The summed E-state index contributed by atoms with van der Waals surface area (Å²) in [5.74, 6) is -2.02. The van der Waals surface area contributed by atoms with Crippen LogP contribution in [-0.4, -0.2) is 34.8 Å². The Bertz CT molecular complexity index is 561. The van der Waals surface area contributed by atoms with E-state index in [9.17, 15) is 18.7 Å². The number of rotatable bonds is 1. The van der Waals surface area contributed by atoms with Crippen LogP contribution in [0.4, 0.5) is 13.6 Å². The molecule has 0 unspecified atom stereocenters. The van der Waals surface area contributed by atoms with Gasteiger partial charge in [0.1, 0.15) is 5.60 Å². The number of halogens is 2. The normalized spacial score (nSPS) is 18.2. The molecule has 1 fully saturated rings. The predicted molar refractivity (Wildman–Crippen MR) is 77.3 cm³/mol. The smallest absolute Gasteiger partial charge is 0.410 e. The van der Waals surface area contributed by atoms with Crippen molar-refractivity contribution in [3.63, 3.8) is 0 Å². The molecule has 1 aliphatic heterocycles. The molecule has 1 N–H and O–H groups in total. The van der Waals surface area contributed by atoms with E-state index in [0.717, 1.165) is 6.07 Å². The van der Waals surface area contributed by atoms with Gasteiger partial charge in [-0.1, -0.05) is 12.1 Å². The lowest BCUT2D eigenvalue weighted by molar-refractivity contribution is -0.0377. The predicted octanol–water partition coefficient (Wildman–Crippen LogP) is 3.18. The number of benzene rings is 1. The Hall–Kier alpha value is -1.69. The highest BCUT2D eigenvalue weighted by atomic mass is 19.2. The van der Waals surface area contributed by atoms with Gasteiger partial charge < -0.3 is 14.7 Å². The molecule has 0 aromatic heterocycles. The maximum atomic E-state index is 13.9. The Labute approximate surface area is 128 Å². The highest BCUT2D eigenvalue weighted by Gasteiger charge is 2.38. The zero-order valence-electron chi connectivity index (χ0n) is 13.0. The van der Waals surface area contributed by atoms with Crippen LogP contribution in [-0.2, 0) is 10.3 Å². The van der Waals surface area contributed by atoms with Gasteiger partial charge in [-0.3, -0.25) is 0 Å². The summed E-state index contributed by atoms with van der Waals surface area (Å²) in [7, 11) is 0. The maximum absolute atomic E-state index is 13.9. The standard InChI is InChI=1S/C16H21F2NO3/c1-15(2,3)22-14(20)19-9-7-16(21,8-10-19)11-5-4-6-12(17)13(11)18/h4-6,21H,7-10H2,1-3H3. The SMILES string of the molecule is CC(C)(C)OC(=O)N1CCC(O)(c2cccc(F)c2F)CC1. The second-order valence-corrected chi connectivity index (χ2v) is 6.60. The minimum Gasteiger partial charge on any atom is -0.444 e. The Morgan fingerprint density at radius 2 is 1.86 bits per heavy atom. The van der Waals surface area contributed by atoms with E-state index in [-0.39, 0.29) is 31.5 Å². The number of nitrogens with zero attached hydrogens (tertiary/aromatic N) is 1. The number of hydrogen-bond acceptors (Lipinski definition) is 3. The molecule has 1 aliphatic rings. The molecule has 22 heavy (non-hydrogen) atoms. The quantitative estimate of drug-likeness (QED) is 0.866. The summed E-state index contributed by atoms with van der Waals surface area (Å²) >= 11 is 0. The molecule has 1 heterocycles. The van der Waals surface area contributed by atoms with Crippen LogP contribution in [0.25, 0.3) is 0 Å². The molecular weight excluding hydrogens is 292 g/mol. The molecule has 4 nitrogen and oxygen atoms in total. The van der Waals surface area contributed by atoms with Crippen LogP contribution in [0.15, 0.2) is 18.2 Å². The molecule has 1 amide bonds. The molecule has 2 rings (SSSR count). The Morgan fingerprint density at radius 3 is 2.41 bits per heavy atom. The molecule has 6 heteroatoms. The van der Waals surface area contributed by atoms with Gasteiger partial charge in [0, 0.05) is 18.7 Å². The summed E-state index contributed by atoms with van der Waals surface area (Å²) in [5.41, 5.74) is -2.12. The van der Waals surface area contributed by atoms with Crippen LogP contribution in [0.5, 0.6) is 0 Å². The third-order valence-electron chi connectivity index (χ3n) is 3.70. The van der Waals surface area contributed by atoms with Gasteiger partial charge in [0.15, 0.2) is 11.6 Å². The first-order chi connectivity index (χ1) is 10.1. The maximum Gasteiger partial charge on any atom is 0.410 e. The number of piperidine rings is 1. The van der Waals surface area contributed by atoms with E-state index >= 15 is 0 Å². The van der Waals surface area contributed by atoms with Crippen molar-refractivity contribution in [2.24, 2.45) is 0 Å². The summed E-state index contributed by atoms with van der Waals surface area (Å²) in [6.07, 6.45) is -0.201. The van der Waals surface area contributed by atoms with Crippen LogP contribution in [0.2, 0.25) is 0 Å². The summed E-state index contributed by atoms with van der Waals surface area (Å²) < 4.78 is 32.5. The van der Waals surface area contributed by atoms with Gasteiger partial charge >= 0.3 is 6.09 Å². The molecule has 1 saturated heterocycles. The zero-order valence-corrected chi connectivity index (χ0v) is 13.0. The van der Waals surface area contributed by atoms with Crippen molar-refractivity contribution >= 4 is 6.09 Å². The molecule has 0 saturated carbocycles. The van der Waals surface area contributed by atoms with Crippen LogP contribution >= 0.6 is 0 Å². The van der Waals surface area contributed by atoms with Gasteiger partial charge in [0.25, 0.3) is 0 Å². The van der Waals surface area contributed by atoms with Crippen molar-refractivity contribution in [1.29, 1.82) is 0 Å². The van der Waals surface area contributed by atoms with Crippen LogP contribution < -0.4 is 0 Å². The highest BCUT2D eigenvalue weighted by Crippen LogP contribution is 2.35. The van der Waals surface area contributed by atoms with E-state index in [0.29, 0.717) is 0 Å². The van der Waals surface area contributed by atoms with Crippen molar-refractivity contribution in [2.75, 3.05) is 13.1 Å². The van der Waals surface area contributed by atoms with Gasteiger partial charge in [0.2, 0.25) is 0 Å². The van der Waals surface area contributed by atoms with E-state index in [1.54, 1.807) is 20.8 Å². The number of hydrogen-bond donors (Lipinski definition) is 1. The summed E-state index contributed by atoms with van der Waals surface area (Å²) in [4.78, 5) is 13.4. The molecule has 0 aliphatic carbocycles. The molecule has 0 atom stereocenters. The largest absolute Gasteiger partial charge is 0.444 e. The lowest BCUT2D eigenvalue weighted by Crippen LogP contribution is -2.47. The van der Waals surface area contributed by atoms with Crippen molar-refractivity contribution in [2.45, 2.75) is 44.8 Å². The average Bonchev–Trinajstić information content (AvgIpc) is 2.40. The highest BCUT2D eigenvalue weighted by molar-refractivity contribution is 5.68. The summed E-state index contributed by atoms with van der Waals surface area (Å²) in [5, 5.41) is 10.6. The number of ether oxygens (including phenoxy) is 1. The minimum absolute atomic E-state index is 0.0589. The zero-order chi connectivity index (χ0) is 16.5. The van der Waals surface area contributed by atoms with E-state index in [1.807, 2.05) is 0 Å². The van der Waals surface area contributed by atoms with Crippen molar-refractivity contribution in [3.8, 4) is 0 Å². The number of aliphatic hydroxyl groups is 1. The van der Waals surface area contributed by atoms with E-state index in [1.165, 1.54) is 17.0 Å². The molecule has 0 bridgehead atoms. The summed E-state index contributed by atoms with van der Waals surface area (Å²) in [6.45, 7) is 5.76. The molecule has 1 aromatic carbocycles. The summed E-state index contributed by atoms with van der Waals surface area (Å²) in [6, 6.07) is 3.76. The molecular formula is C16H21F2NO3. The van der Waals surface area contributed by atoms with Crippen LogP contribution in [0, 0.1) is 11.6 Å². The monoisotopic (exact) mass is 313 g/mol. The lowest BCUT2D eigenvalue weighted by atomic mass is 9.84. The average molecular weight is 313 g/mol. The Balaban J connectivity index is 2.08. The van der Waals surface area contributed by atoms with E-state index in [2.05, 4.69) is 0 Å². The Morgan fingerprint density at radius 1 is 1.27 bits per heavy atom. The molecule has 1 aromatic rings. The van der Waals surface area contributed by atoms with Crippen molar-refractivity contribution < 1.29 is 23.4 Å². The number of carbonyl (C=O) groups is 1. The third-order valence-corrected chi connectivity index (χ3v) is 3.70. The topological polar surface area (TPSA) is 49.8 Å². The van der Waals surface area contributed by atoms with Gasteiger partial charge in [0.05, 0.1) is 5.60 Å². The lowest BCUT2D eigenvalue weighted by Gasteiger charge is -2.39. The number of amides is 1. The number of likely N-dealkylation sites (tertiary alicyclic amines) is 1. The van der Waals surface area contributed by atoms with Crippen LogP contribution in [0.1, 0.15) is 39.2 Å². The minimum atomic E-state index is -1.47. The second kappa shape index (κ2) is 5.83. The van der Waals surface area contributed by atoms with Crippen LogP contribution in [0.3, 0.4) is 0 Å². The first kappa shape index (κ1) is 16.7. The fourth-order valence-corrected chi connectivity index (χ4v) is 2.52. The van der Waals surface area contributed by atoms with Crippen molar-refractivity contribution in [3.05, 3.63) is 35.4 Å². The first-order valence-electron chi connectivity index (χ1n) is 7.27. The van der Waals surface area contributed by atoms with Gasteiger partial charge in [-0.2, -0.15) is 0 Å². The van der Waals surface area contributed by atoms with Crippen molar-refractivity contribution in [1.82, 2.24) is 4.90 Å². The fraction of sp³-hybridized carbons (Fsp3) is 0.562.